The predicted molar refractivity (Wildman–Crippen MR) is 87.4 cm³/mol. The van der Waals surface area contributed by atoms with Crippen LogP contribution in [0.3, 0.4) is 0 Å². The number of sulfone groups is 1. The van der Waals surface area contributed by atoms with Gasteiger partial charge in [0.25, 0.3) is 5.91 Å². The first kappa shape index (κ1) is 19.0. The highest BCUT2D eigenvalue weighted by atomic mass is 32.2. The fraction of sp³-hybridized carbons (Fsp3) is 0.375. The molecule has 25 heavy (non-hydrogen) atoms. The zero-order chi connectivity index (χ0) is 18.8. The minimum Gasteiger partial charge on any atom is -0.435 e. The van der Waals surface area contributed by atoms with E-state index in [0.717, 1.165) is 12.1 Å². The molecule has 0 saturated carbocycles. The molecule has 0 fully saturated rings. The normalized spacial score (nSPS) is 12.0. The van der Waals surface area contributed by atoms with Crippen molar-refractivity contribution in [2.24, 2.45) is 5.92 Å². The quantitative estimate of drug-likeness (QED) is 0.839. The number of oxazole rings is 1. The van der Waals surface area contributed by atoms with Gasteiger partial charge in [-0.25, -0.2) is 13.4 Å². The Balaban J connectivity index is 2.15. The summed E-state index contributed by atoms with van der Waals surface area (Å²) >= 11 is 0. The lowest BCUT2D eigenvalue weighted by Crippen LogP contribution is -2.13. The van der Waals surface area contributed by atoms with Crippen molar-refractivity contribution in [1.82, 2.24) is 4.98 Å². The summed E-state index contributed by atoms with van der Waals surface area (Å²) in [6, 6.07) is 4.48. The van der Waals surface area contributed by atoms with Crippen molar-refractivity contribution < 1.29 is 26.4 Å². The SMILES string of the molecule is Cc1nc(CC(C)C)oc1C(=O)Nc1ccc(S(=O)(=O)C(F)F)cc1. The number of anilines is 1. The highest BCUT2D eigenvalue weighted by Gasteiger charge is 2.26. The van der Waals surface area contributed by atoms with Crippen LogP contribution in [-0.2, 0) is 16.3 Å². The number of halogens is 2. The Hall–Kier alpha value is -2.29. The number of benzene rings is 1. The van der Waals surface area contributed by atoms with Crippen molar-refractivity contribution in [3.8, 4) is 0 Å². The standard InChI is InChI=1S/C16H18F2N2O4S/c1-9(2)8-13-19-10(3)14(24-13)15(21)20-11-4-6-12(7-5-11)25(22,23)16(17)18/h4-7,9,16H,8H2,1-3H3,(H,20,21). The second-order valence-corrected chi connectivity index (χ2v) is 7.82. The number of rotatable bonds is 6. The van der Waals surface area contributed by atoms with Gasteiger partial charge >= 0.3 is 5.76 Å². The molecule has 6 nitrogen and oxygen atoms in total. The van der Waals surface area contributed by atoms with Crippen molar-refractivity contribution in [2.75, 3.05) is 5.32 Å². The number of aryl methyl sites for hydroxylation is 1. The van der Waals surface area contributed by atoms with Crippen LogP contribution in [0.1, 0.15) is 36.0 Å². The van der Waals surface area contributed by atoms with Crippen LogP contribution in [0, 0.1) is 12.8 Å². The van der Waals surface area contributed by atoms with Gasteiger partial charge in [0.2, 0.25) is 15.6 Å². The molecule has 1 N–H and O–H groups in total. The Morgan fingerprint density at radius 2 is 1.84 bits per heavy atom. The molecule has 1 amide bonds. The van der Waals surface area contributed by atoms with Crippen LogP contribution in [-0.4, -0.2) is 25.1 Å². The molecular formula is C16H18F2N2O4S. The lowest BCUT2D eigenvalue weighted by Gasteiger charge is -2.06. The third kappa shape index (κ3) is 4.41. The molecular weight excluding hydrogens is 354 g/mol. The molecule has 9 heteroatoms. The largest absolute Gasteiger partial charge is 0.435 e. The van der Waals surface area contributed by atoms with Gasteiger partial charge in [-0.3, -0.25) is 4.79 Å². The summed E-state index contributed by atoms with van der Waals surface area (Å²) in [5.41, 5.74) is 0.685. The number of aromatic nitrogens is 1. The number of nitrogens with one attached hydrogen (secondary N) is 1. The molecule has 1 aromatic heterocycles. The Kier molecular flexibility index (Phi) is 5.56. The van der Waals surface area contributed by atoms with E-state index in [1.54, 1.807) is 6.92 Å². The van der Waals surface area contributed by atoms with E-state index >= 15 is 0 Å². The predicted octanol–water partition coefficient (Wildman–Crippen LogP) is 3.43. The summed E-state index contributed by atoms with van der Waals surface area (Å²) in [4.78, 5) is 15.9. The van der Waals surface area contributed by atoms with Crippen molar-refractivity contribution in [2.45, 2.75) is 37.8 Å². The Bertz CT molecular complexity index is 859. The second kappa shape index (κ2) is 7.30. The lowest BCUT2D eigenvalue weighted by atomic mass is 10.1. The van der Waals surface area contributed by atoms with Crippen LogP contribution in [0.4, 0.5) is 14.5 Å². The number of carbonyl (C=O) groups excluding carboxylic acids is 1. The molecule has 0 aliphatic heterocycles. The average Bonchev–Trinajstić information content (AvgIpc) is 2.87. The maximum absolute atomic E-state index is 12.5. The van der Waals surface area contributed by atoms with Gasteiger partial charge in [-0.05, 0) is 37.1 Å². The topological polar surface area (TPSA) is 89.3 Å². The summed E-state index contributed by atoms with van der Waals surface area (Å²) in [5.74, 6) is -3.22. The molecule has 0 spiro atoms. The van der Waals surface area contributed by atoms with Gasteiger partial charge in [-0.2, -0.15) is 8.78 Å². The zero-order valence-corrected chi connectivity index (χ0v) is 14.7. The highest BCUT2D eigenvalue weighted by molar-refractivity contribution is 7.91. The summed E-state index contributed by atoms with van der Waals surface area (Å²) in [6.07, 6.45) is 0.592. The van der Waals surface area contributed by atoms with E-state index in [4.69, 9.17) is 4.42 Å². The van der Waals surface area contributed by atoms with E-state index in [2.05, 4.69) is 10.3 Å². The van der Waals surface area contributed by atoms with Gasteiger partial charge in [0.05, 0.1) is 10.6 Å². The molecule has 0 atom stereocenters. The number of hydrogen-bond acceptors (Lipinski definition) is 5. The van der Waals surface area contributed by atoms with Crippen LogP contribution in [0.25, 0.3) is 0 Å². The van der Waals surface area contributed by atoms with E-state index in [0.29, 0.717) is 23.9 Å². The molecule has 136 valence electrons. The van der Waals surface area contributed by atoms with Crippen molar-refractivity contribution >= 4 is 21.4 Å². The molecule has 1 aromatic carbocycles. The maximum atomic E-state index is 12.5. The van der Waals surface area contributed by atoms with Gasteiger partial charge in [-0.15, -0.1) is 0 Å². The number of amides is 1. The first-order chi connectivity index (χ1) is 11.6. The molecule has 2 rings (SSSR count). The number of carbonyl (C=O) groups is 1. The molecule has 0 bridgehead atoms. The number of hydrogen-bond donors (Lipinski definition) is 1. The Labute approximate surface area is 144 Å². The average molecular weight is 372 g/mol. The minimum atomic E-state index is -4.66. The van der Waals surface area contributed by atoms with E-state index in [9.17, 15) is 22.0 Å². The second-order valence-electron chi connectivity index (χ2n) is 5.90. The fourth-order valence-corrected chi connectivity index (χ4v) is 2.84. The molecule has 0 saturated heterocycles. The third-order valence-electron chi connectivity index (χ3n) is 3.31. The van der Waals surface area contributed by atoms with Crippen molar-refractivity contribution in [1.29, 1.82) is 0 Å². The lowest BCUT2D eigenvalue weighted by molar-refractivity contribution is 0.0993. The summed E-state index contributed by atoms with van der Waals surface area (Å²) in [5, 5.41) is 2.52. The van der Waals surface area contributed by atoms with Crippen LogP contribution >= 0.6 is 0 Å². The van der Waals surface area contributed by atoms with Gasteiger partial charge < -0.3 is 9.73 Å². The van der Waals surface area contributed by atoms with Crippen LogP contribution in [0.5, 0.6) is 0 Å². The molecule has 0 aliphatic carbocycles. The fourth-order valence-electron chi connectivity index (χ4n) is 2.12. The van der Waals surface area contributed by atoms with Gasteiger partial charge in [0.15, 0.2) is 5.89 Å². The van der Waals surface area contributed by atoms with E-state index in [1.165, 1.54) is 12.1 Å². The van der Waals surface area contributed by atoms with Crippen molar-refractivity contribution in [3.05, 3.63) is 41.6 Å². The molecule has 0 unspecified atom stereocenters. The van der Waals surface area contributed by atoms with Crippen LogP contribution < -0.4 is 5.32 Å². The van der Waals surface area contributed by atoms with Gasteiger partial charge in [-0.1, -0.05) is 13.8 Å². The molecule has 0 aliphatic rings. The monoisotopic (exact) mass is 372 g/mol. The van der Waals surface area contributed by atoms with Crippen molar-refractivity contribution in [3.63, 3.8) is 0 Å². The Morgan fingerprint density at radius 3 is 2.36 bits per heavy atom. The van der Waals surface area contributed by atoms with Crippen LogP contribution in [0.15, 0.2) is 33.6 Å². The highest BCUT2D eigenvalue weighted by Crippen LogP contribution is 2.21. The smallest absolute Gasteiger partial charge is 0.341 e. The number of nitrogens with zero attached hydrogens (tertiary/aromatic N) is 1. The minimum absolute atomic E-state index is 0.0555. The van der Waals surface area contributed by atoms with Gasteiger partial charge in [0, 0.05) is 12.1 Å². The van der Waals surface area contributed by atoms with Gasteiger partial charge in [0.1, 0.15) is 0 Å². The summed E-state index contributed by atoms with van der Waals surface area (Å²) in [6.45, 7) is 5.63. The maximum Gasteiger partial charge on any atom is 0.341 e. The molecule has 0 radical (unpaired) electrons. The summed E-state index contributed by atoms with van der Waals surface area (Å²) < 4.78 is 53.2. The summed E-state index contributed by atoms with van der Waals surface area (Å²) in [7, 11) is -4.66. The first-order valence-electron chi connectivity index (χ1n) is 7.51. The third-order valence-corrected chi connectivity index (χ3v) is 4.70. The molecule has 1 heterocycles. The van der Waals surface area contributed by atoms with Crippen LogP contribution in [0.2, 0.25) is 0 Å². The Morgan fingerprint density at radius 1 is 1.24 bits per heavy atom. The van der Waals surface area contributed by atoms with E-state index in [-0.39, 0.29) is 11.4 Å². The van der Waals surface area contributed by atoms with E-state index in [1.807, 2.05) is 13.8 Å². The zero-order valence-electron chi connectivity index (χ0n) is 13.9. The first-order valence-corrected chi connectivity index (χ1v) is 9.05. The van der Waals surface area contributed by atoms with E-state index < -0.39 is 26.4 Å². The number of alkyl halides is 2. The molecule has 2 aromatic rings.